The average molecular weight is 632 g/mol. The largest absolute Gasteiger partial charge is 0.481 e. The van der Waals surface area contributed by atoms with Crippen molar-refractivity contribution in [2.45, 2.75) is 64.0 Å². The third-order valence-corrected chi connectivity index (χ3v) is 7.96. The normalized spacial score (nSPS) is 16.7. The van der Waals surface area contributed by atoms with E-state index in [1.165, 1.54) is 18.7 Å². The Balaban J connectivity index is 2.20. The Labute approximate surface area is 237 Å². The first-order chi connectivity index (χ1) is 19.1. The summed E-state index contributed by atoms with van der Waals surface area (Å²) < 4.78 is 109. The van der Waals surface area contributed by atoms with Gasteiger partial charge in [0.1, 0.15) is 5.69 Å². The molecule has 232 valence electrons. The second kappa shape index (κ2) is 11.4. The van der Waals surface area contributed by atoms with Gasteiger partial charge in [0.2, 0.25) is 0 Å². The first-order valence-corrected chi connectivity index (χ1v) is 13.1. The summed E-state index contributed by atoms with van der Waals surface area (Å²) in [4.78, 5) is 42.5. The molecule has 17 heteroatoms. The number of benzene rings is 1. The van der Waals surface area contributed by atoms with Crippen LogP contribution in [-0.2, 0) is 10.4 Å². The van der Waals surface area contributed by atoms with Crippen LogP contribution in [0.1, 0.15) is 71.5 Å². The number of carbonyl (C=O) groups is 3. The number of halogens is 8. The van der Waals surface area contributed by atoms with Crippen molar-refractivity contribution in [3.63, 3.8) is 0 Å². The van der Waals surface area contributed by atoms with Crippen LogP contribution < -0.4 is 5.32 Å². The lowest BCUT2D eigenvalue weighted by Crippen LogP contribution is -2.54. The maximum atomic E-state index is 14.2. The van der Waals surface area contributed by atoms with Crippen LogP contribution in [0.15, 0.2) is 18.2 Å². The number of carbonyl (C=O) groups excluding carboxylic acids is 2. The van der Waals surface area contributed by atoms with Gasteiger partial charge in [0.05, 0.1) is 10.3 Å². The Hall–Kier alpha value is -3.34. The second-order valence-corrected chi connectivity index (χ2v) is 11.4. The molecule has 0 aliphatic carbocycles. The monoisotopic (exact) mass is 631 g/mol. The van der Waals surface area contributed by atoms with Crippen LogP contribution in [-0.4, -0.2) is 69.4 Å². The predicted octanol–water partition coefficient (Wildman–Crippen LogP) is 5.53. The van der Waals surface area contributed by atoms with E-state index in [0.29, 0.717) is 30.2 Å². The molecular formula is C25H25F8N3O5S. The minimum atomic E-state index is -6.33. The molecule has 0 bridgehead atoms. The van der Waals surface area contributed by atoms with Crippen LogP contribution in [0.25, 0.3) is 10.4 Å². The number of aliphatic hydroxyl groups is 1. The number of thiazole rings is 1. The summed E-state index contributed by atoms with van der Waals surface area (Å²) in [5.41, 5.74) is -11.5. The number of likely N-dealkylation sites (tertiary alicyclic amines) is 1. The van der Waals surface area contributed by atoms with Crippen molar-refractivity contribution >= 4 is 29.1 Å². The van der Waals surface area contributed by atoms with Crippen LogP contribution in [0.2, 0.25) is 0 Å². The van der Waals surface area contributed by atoms with Crippen molar-refractivity contribution in [3.8, 4) is 10.4 Å². The van der Waals surface area contributed by atoms with Gasteiger partial charge in [0.25, 0.3) is 23.8 Å². The number of aliphatic carboxylic acids is 1. The lowest BCUT2D eigenvalue weighted by atomic mass is 9.89. The topological polar surface area (TPSA) is 120 Å². The van der Waals surface area contributed by atoms with E-state index in [1.807, 2.05) is 0 Å². The van der Waals surface area contributed by atoms with Crippen molar-refractivity contribution in [3.05, 3.63) is 40.0 Å². The number of nitrogens with zero attached hydrogens (tertiary/aromatic N) is 2. The summed E-state index contributed by atoms with van der Waals surface area (Å²) in [6.07, 6.45) is -15.2. The van der Waals surface area contributed by atoms with Gasteiger partial charge in [-0.2, -0.15) is 26.3 Å². The molecule has 0 spiro atoms. The van der Waals surface area contributed by atoms with Gasteiger partial charge in [-0.3, -0.25) is 14.4 Å². The van der Waals surface area contributed by atoms with Crippen molar-refractivity contribution in [2.24, 2.45) is 5.41 Å². The molecule has 1 saturated heterocycles. The molecule has 3 rings (SSSR count). The van der Waals surface area contributed by atoms with Gasteiger partial charge in [-0.15, -0.1) is 11.3 Å². The van der Waals surface area contributed by atoms with E-state index in [9.17, 15) is 59.7 Å². The highest BCUT2D eigenvalue weighted by Gasteiger charge is 2.71. The number of hydrogen-bond donors (Lipinski definition) is 3. The van der Waals surface area contributed by atoms with Crippen LogP contribution >= 0.6 is 11.3 Å². The zero-order valence-corrected chi connectivity index (χ0v) is 23.0. The summed E-state index contributed by atoms with van der Waals surface area (Å²) in [6, 6.07) is 0.143. The molecule has 0 saturated carbocycles. The van der Waals surface area contributed by atoms with Crippen LogP contribution in [0.4, 0.5) is 35.1 Å². The summed E-state index contributed by atoms with van der Waals surface area (Å²) >= 11 is 0.366. The molecular weight excluding hydrogens is 606 g/mol. The number of aromatic nitrogens is 1. The van der Waals surface area contributed by atoms with Gasteiger partial charge in [0.15, 0.2) is 5.01 Å². The number of nitrogens with one attached hydrogen (secondary N) is 1. The zero-order valence-electron chi connectivity index (χ0n) is 22.2. The third kappa shape index (κ3) is 6.07. The molecule has 1 aliphatic heterocycles. The molecule has 1 unspecified atom stereocenters. The summed E-state index contributed by atoms with van der Waals surface area (Å²) in [7, 11) is 0. The standard InChI is InChI=1S/C25H25F8N3O5S/c1-11-5-4-8-36(11)20(38)15-16(42-19(35-15)18(37)34-10-22(2,3)21(39)40)13-7-6-12(9-14(13)17(26)27)23(41,24(28,29)30)25(31,32)33/h6-7,9,11,17,41H,4-5,8,10H2,1-3H3,(H,34,37)(H,39,40). The number of carboxylic acids is 1. The van der Waals surface area contributed by atoms with Crippen molar-refractivity contribution in [1.82, 2.24) is 15.2 Å². The van der Waals surface area contributed by atoms with E-state index in [2.05, 4.69) is 10.3 Å². The Kier molecular flexibility index (Phi) is 8.99. The number of rotatable bonds is 8. The molecule has 1 aliphatic rings. The van der Waals surface area contributed by atoms with Crippen molar-refractivity contribution in [2.75, 3.05) is 13.1 Å². The lowest BCUT2D eigenvalue weighted by molar-refractivity contribution is -0.376. The van der Waals surface area contributed by atoms with Crippen LogP contribution in [0.5, 0.6) is 0 Å². The molecule has 3 N–H and O–H groups in total. The van der Waals surface area contributed by atoms with E-state index in [-0.39, 0.29) is 24.7 Å². The Bertz CT molecular complexity index is 1360. The predicted molar refractivity (Wildman–Crippen MR) is 132 cm³/mol. The minimum absolute atomic E-state index is 0.150. The lowest BCUT2D eigenvalue weighted by Gasteiger charge is -2.33. The summed E-state index contributed by atoms with van der Waals surface area (Å²) in [5.74, 6) is -3.08. The van der Waals surface area contributed by atoms with Gasteiger partial charge < -0.3 is 20.4 Å². The van der Waals surface area contributed by atoms with Gasteiger partial charge in [0, 0.05) is 35.8 Å². The maximum absolute atomic E-state index is 14.2. The van der Waals surface area contributed by atoms with Crippen LogP contribution in [0.3, 0.4) is 0 Å². The van der Waals surface area contributed by atoms with Gasteiger partial charge in [-0.1, -0.05) is 12.1 Å². The Morgan fingerprint density at radius 2 is 1.71 bits per heavy atom. The van der Waals surface area contributed by atoms with E-state index in [1.54, 1.807) is 6.92 Å². The maximum Gasteiger partial charge on any atom is 0.430 e. The molecule has 2 aromatic rings. The second-order valence-electron chi connectivity index (χ2n) is 10.4. The molecule has 2 heterocycles. The highest BCUT2D eigenvalue weighted by Crippen LogP contribution is 2.51. The smallest absolute Gasteiger partial charge is 0.430 e. The van der Waals surface area contributed by atoms with Crippen LogP contribution in [0, 0.1) is 5.41 Å². The van der Waals surface area contributed by atoms with Crippen molar-refractivity contribution < 1.29 is 59.7 Å². The summed E-state index contributed by atoms with van der Waals surface area (Å²) in [5, 5.41) is 20.8. The first kappa shape index (κ1) is 33.2. The van der Waals surface area contributed by atoms with E-state index in [0.717, 1.165) is 0 Å². The first-order valence-electron chi connectivity index (χ1n) is 12.3. The minimum Gasteiger partial charge on any atom is -0.481 e. The molecule has 1 fully saturated rings. The zero-order chi connectivity index (χ0) is 32.0. The van der Waals surface area contributed by atoms with E-state index in [4.69, 9.17) is 0 Å². The fourth-order valence-corrected chi connectivity index (χ4v) is 5.25. The SMILES string of the molecule is CC1CCCN1C(=O)c1nc(C(=O)NCC(C)(C)C(=O)O)sc1-c1ccc(C(O)(C(F)(F)F)C(F)(F)F)cc1C(F)F. The Morgan fingerprint density at radius 3 is 2.19 bits per heavy atom. The molecule has 42 heavy (non-hydrogen) atoms. The molecule has 0 radical (unpaired) electrons. The molecule has 1 atom stereocenters. The molecule has 2 amide bonds. The third-order valence-electron chi connectivity index (χ3n) is 6.88. The molecule has 1 aromatic heterocycles. The van der Waals surface area contributed by atoms with E-state index < -0.39 is 86.4 Å². The number of alkyl halides is 8. The average Bonchev–Trinajstić information content (AvgIpc) is 3.51. The number of carboxylic acid groups (broad SMARTS) is 1. The number of amides is 2. The van der Waals surface area contributed by atoms with Gasteiger partial charge in [-0.05, 0) is 39.7 Å². The highest BCUT2D eigenvalue weighted by molar-refractivity contribution is 7.17. The fraction of sp³-hybridized carbons (Fsp3) is 0.520. The highest BCUT2D eigenvalue weighted by atomic mass is 32.1. The van der Waals surface area contributed by atoms with Gasteiger partial charge in [-0.25, -0.2) is 13.8 Å². The Morgan fingerprint density at radius 1 is 1.12 bits per heavy atom. The molecule has 1 aromatic carbocycles. The number of hydrogen-bond acceptors (Lipinski definition) is 6. The van der Waals surface area contributed by atoms with Crippen molar-refractivity contribution in [1.29, 1.82) is 0 Å². The van der Waals surface area contributed by atoms with Gasteiger partial charge >= 0.3 is 18.3 Å². The fourth-order valence-electron chi connectivity index (χ4n) is 4.23. The summed E-state index contributed by atoms with van der Waals surface area (Å²) in [6.45, 7) is 4.11. The quantitative estimate of drug-likeness (QED) is 0.330. The molecule has 8 nitrogen and oxygen atoms in total. The van der Waals surface area contributed by atoms with E-state index >= 15 is 0 Å².